The Morgan fingerprint density at radius 3 is 1.00 bits per heavy atom. The second-order valence-corrected chi connectivity index (χ2v) is 13.5. The molecule has 0 unspecified atom stereocenters. The molecule has 6 atom stereocenters. The van der Waals surface area contributed by atoms with Crippen LogP contribution in [0.25, 0.3) is 0 Å². The highest BCUT2D eigenvalue weighted by Crippen LogP contribution is 2.24. The van der Waals surface area contributed by atoms with E-state index in [1.165, 1.54) is 35.8 Å². The Kier molecular flexibility index (Phi) is 14.3. The predicted molar refractivity (Wildman–Crippen MR) is 164 cm³/mol. The molecule has 0 saturated carbocycles. The summed E-state index contributed by atoms with van der Waals surface area (Å²) in [7, 11) is 4.29. The molecule has 1 rings (SSSR count). The Morgan fingerprint density at radius 1 is 0.477 bits per heavy atom. The Balaban J connectivity index is 3.88. The minimum Gasteiger partial charge on any atom is -0.451 e. The van der Waals surface area contributed by atoms with Crippen LogP contribution in [-0.4, -0.2) is 108 Å². The van der Waals surface area contributed by atoms with Crippen molar-refractivity contribution in [3.63, 3.8) is 0 Å². The second-order valence-electron chi connectivity index (χ2n) is 13.5. The lowest BCUT2D eigenvalue weighted by Crippen LogP contribution is -2.57. The molecule has 1 saturated heterocycles. The average molecular weight is 626 g/mol. The van der Waals surface area contributed by atoms with Crippen LogP contribution >= 0.6 is 0 Å². The number of esters is 3. The smallest absolute Gasteiger partial charge is 0.329 e. The summed E-state index contributed by atoms with van der Waals surface area (Å²) in [6, 6.07) is -3.31. The standard InChI is InChI=1S/C32H55N3O9/c1-15-21-27(36)33(12)23(17(4)5)31(40)43-26(20(10)11)29(38)35(14)24(18(6)7)32(41)44-25(19(8)9)28(37)34(13)22(16(2)3)30(39)42-21/h16-26H,15H2,1-14H3/t21-,22+,23+,24+,25-,26-/m1/s1. The molecule has 44 heavy (non-hydrogen) atoms. The molecule has 0 radical (unpaired) electrons. The quantitative estimate of drug-likeness (QED) is 0.322. The highest BCUT2D eigenvalue weighted by molar-refractivity contribution is 5.94. The number of amides is 3. The van der Waals surface area contributed by atoms with E-state index in [1.807, 2.05) is 0 Å². The van der Waals surface area contributed by atoms with Crippen molar-refractivity contribution in [2.45, 2.75) is 119 Å². The summed E-state index contributed by atoms with van der Waals surface area (Å²) in [6.07, 6.45) is -3.68. The monoisotopic (exact) mass is 625 g/mol. The molecule has 0 N–H and O–H groups in total. The van der Waals surface area contributed by atoms with Gasteiger partial charge in [-0.1, -0.05) is 76.2 Å². The average Bonchev–Trinajstić information content (AvgIpc) is 2.90. The summed E-state index contributed by atoms with van der Waals surface area (Å²) in [5.74, 6) is -6.48. The van der Waals surface area contributed by atoms with E-state index in [2.05, 4.69) is 0 Å². The van der Waals surface area contributed by atoms with Gasteiger partial charge in [0.15, 0.2) is 18.3 Å². The van der Waals surface area contributed by atoms with Crippen molar-refractivity contribution in [1.29, 1.82) is 0 Å². The van der Waals surface area contributed by atoms with Gasteiger partial charge in [-0.2, -0.15) is 0 Å². The fourth-order valence-corrected chi connectivity index (χ4v) is 5.52. The first-order chi connectivity index (χ1) is 20.2. The van der Waals surface area contributed by atoms with E-state index >= 15 is 0 Å². The Morgan fingerprint density at radius 2 is 0.750 bits per heavy atom. The van der Waals surface area contributed by atoms with E-state index in [1.54, 1.807) is 76.2 Å². The Hall–Kier alpha value is -3.18. The van der Waals surface area contributed by atoms with E-state index in [0.717, 1.165) is 0 Å². The lowest BCUT2D eigenvalue weighted by atomic mass is 9.98. The molecule has 12 heteroatoms. The molecule has 0 aromatic rings. The van der Waals surface area contributed by atoms with Gasteiger partial charge in [0.1, 0.15) is 18.1 Å². The van der Waals surface area contributed by atoms with Crippen LogP contribution < -0.4 is 0 Å². The number of likely N-dealkylation sites (N-methyl/N-ethyl adjacent to an activating group) is 3. The van der Waals surface area contributed by atoms with Crippen molar-refractivity contribution >= 4 is 35.6 Å². The first-order valence-corrected chi connectivity index (χ1v) is 15.6. The molecule has 3 amide bonds. The van der Waals surface area contributed by atoms with Gasteiger partial charge in [0.25, 0.3) is 17.7 Å². The van der Waals surface area contributed by atoms with Gasteiger partial charge in [0.2, 0.25) is 0 Å². The van der Waals surface area contributed by atoms with Gasteiger partial charge in [0, 0.05) is 21.1 Å². The van der Waals surface area contributed by atoms with Crippen LogP contribution in [0.5, 0.6) is 0 Å². The summed E-state index contributed by atoms with van der Waals surface area (Å²) < 4.78 is 17.3. The first-order valence-electron chi connectivity index (χ1n) is 15.6. The maximum atomic E-state index is 13.8. The third-order valence-electron chi connectivity index (χ3n) is 8.00. The van der Waals surface area contributed by atoms with Crippen LogP contribution in [0.3, 0.4) is 0 Å². The van der Waals surface area contributed by atoms with Gasteiger partial charge >= 0.3 is 17.9 Å². The van der Waals surface area contributed by atoms with Crippen molar-refractivity contribution in [3.05, 3.63) is 0 Å². The van der Waals surface area contributed by atoms with E-state index in [-0.39, 0.29) is 6.42 Å². The molecule has 0 spiro atoms. The van der Waals surface area contributed by atoms with Crippen molar-refractivity contribution in [3.8, 4) is 0 Å². The largest absolute Gasteiger partial charge is 0.451 e. The summed E-state index contributed by atoms with van der Waals surface area (Å²) in [4.78, 5) is 85.7. The number of nitrogens with zero attached hydrogens (tertiary/aromatic N) is 3. The van der Waals surface area contributed by atoms with Crippen LogP contribution in [-0.2, 0) is 43.0 Å². The van der Waals surface area contributed by atoms with Crippen LogP contribution in [0, 0.1) is 29.6 Å². The highest BCUT2D eigenvalue weighted by atomic mass is 16.6. The number of hydrogen-bond donors (Lipinski definition) is 0. The van der Waals surface area contributed by atoms with Crippen LogP contribution in [0.2, 0.25) is 0 Å². The maximum Gasteiger partial charge on any atom is 0.329 e. The molecule has 1 aliphatic heterocycles. The minimum atomic E-state index is -1.27. The summed E-state index contributed by atoms with van der Waals surface area (Å²) in [5.41, 5.74) is 0. The molecule has 0 bridgehead atoms. The Bertz CT molecular complexity index is 1040. The van der Waals surface area contributed by atoms with Crippen LogP contribution in [0.1, 0.15) is 82.6 Å². The normalized spacial score (nSPS) is 27.8. The zero-order valence-corrected chi connectivity index (χ0v) is 29.1. The van der Waals surface area contributed by atoms with Crippen LogP contribution in [0.4, 0.5) is 0 Å². The molecular weight excluding hydrogens is 570 g/mol. The maximum absolute atomic E-state index is 13.8. The molecule has 252 valence electrons. The zero-order chi connectivity index (χ0) is 34.4. The molecule has 1 fully saturated rings. The second kappa shape index (κ2) is 16.2. The fourth-order valence-electron chi connectivity index (χ4n) is 5.52. The van der Waals surface area contributed by atoms with Gasteiger partial charge in [-0.25, -0.2) is 14.4 Å². The highest BCUT2D eigenvalue weighted by Gasteiger charge is 2.44. The molecule has 12 nitrogen and oxygen atoms in total. The van der Waals surface area contributed by atoms with Gasteiger partial charge < -0.3 is 28.9 Å². The lowest BCUT2D eigenvalue weighted by molar-refractivity contribution is -0.180. The number of cyclic esters (lactones) is 3. The molecular formula is C32H55N3O9. The zero-order valence-electron chi connectivity index (χ0n) is 29.1. The topological polar surface area (TPSA) is 140 Å². The SMILES string of the molecule is CC[C@H]1OC(=O)[C@H](C(C)C)N(C)C(=O)[C@@H](C(C)C)OC(=O)[C@H](C(C)C)N(C)C(=O)[C@@H](C(C)C)OC(=O)[C@H](C(C)C)N(C)C1=O. The van der Waals surface area contributed by atoms with Gasteiger partial charge in [0.05, 0.1) is 0 Å². The number of ether oxygens (including phenoxy) is 3. The van der Waals surface area contributed by atoms with Crippen molar-refractivity contribution in [2.75, 3.05) is 21.1 Å². The molecule has 1 aliphatic rings. The van der Waals surface area contributed by atoms with Crippen molar-refractivity contribution in [2.24, 2.45) is 29.6 Å². The number of carbonyl (C=O) groups excluding carboxylic acids is 6. The van der Waals surface area contributed by atoms with Crippen LogP contribution in [0.15, 0.2) is 0 Å². The summed E-state index contributed by atoms with van der Waals surface area (Å²) in [5, 5.41) is 0. The van der Waals surface area contributed by atoms with Gasteiger partial charge in [-0.3, -0.25) is 14.4 Å². The predicted octanol–water partition coefficient (Wildman–Crippen LogP) is 2.91. The lowest BCUT2D eigenvalue weighted by Gasteiger charge is -2.38. The first kappa shape index (κ1) is 38.8. The molecule has 0 aromatic heterocycles. The summed E-state index contributed by atoms with van der Waals surface area (Å²) >= 11 is 0. The summed E-state index contributed by atoms with van der Waals surface area (Å²) in [6.45, 7) is 18.9. The number of hydrogen-bond acceptors (Lipinski definition) is 9. The van der Waals surface area contributed by atoms with E-state index in [4.69, 9.17) is 14.2 Å². The van der Waals surface area contributed by atoms with E-state index in [0.29, 0.717) is 0 Å². The van der Waals surface area contributed by atoms with Crippen molar-refractivity contribution < 1.29 is 43.0 Å². The van der Waals surface area contributed by atoms with Gasteiger partial charge in [-0.15, -0.1) is 0 Å². The number of carbonyl (C=O) groups is 6. The molecule has 0 aromatic carbocycles. The third-order valence-corrected chi connectivity index (χ3v) is 8.00. The van der Waals surface area contributed by atoms with E-state index in [9.17, 15) is 28.8 Å². The van der Waals surface area contributed by atoms with Crippen molar-refractivity contribution in [1.82, 2.24) is 14.7 Å². The minimum absolute atomic E-state index is 0.109. The number of rotatable bonds is 6. The fraction of sp³-hybridized carbons (Fsp3) is 0.812. The molecule has 1 heterocycles. The third kappa shape index (κ3) is 8.94. The van der Waals surface area contributed by atoms with E-state index < -0.39 is 102 Å². The molecule has 0 aliphatic carbocycles. The van der Waals surface area contributed by atoms with Gasteiger partial charge in [-0.05, 0) is 36.0 Å². The Labute approximate surface area is 263 Å².